The molecule has 1 aromatic carbocycles. The smallest absolute Gasteiger partial charge is 0.300 e. The largest absolute Gasteiger partial charge is 0.493 e. The summed E-state index contributed by atoms with van der Waals surface area (Å²) >= 11 is 0. The number of methoxy groups -OCH3 is 2. The van der Waals surface area contributed by atoms with Crippen LogP contribution in [0, 0.1) is 6.92 Å². The third-order valence-electron chi connectivity index (χ3n) is 2.97. The summed E-state index contributed by atoms with van der Waals surface area (Å²) in [6, 6.07) is 5.31. The third-order valence-corrected chi connectivity index (χ3v) is 2.97. The quantitative estimate of drug-likeness (QED) is 0.566. The summed E-state index contributed by atoms with van der Waals surface area (Å²) in [5.41, 5.74) is 11.9. The highest BCUT2D eigenvalue weighted by Gasteiger charge is 2.16. The number of nitrogens with zero attached hydrogens (tertiary/aromatic N) is 2. The highest BCUT2D eigenvalue weighted by Crippen LogP contribution is 2.31. The summed E-state index contributed by atoms with van der Waals surface area (Å²) < 4.78 is 10.4. The molecule has 0 aliphatic heterocycles. The molecule has 0 unspecified atom stereocenters. The van der Waals surface area contributed by atoms with Crippen LogP contribution in [-0.4, -0.2) is 36.1 Å². The fourth-order valence-electron chi connectivity index (χ4n) is 1.96. The van der Waals surface area contributed by atoms with E-state index in [9.17, 15) is 4.79 Å². The zero-order valence-corrected chi connectivity index (χ0v) is 12.5. The second-order valence-electron chi connectivity index (χ2n) is 4.47. The van der Waals surface area contributed by atoms with Gasteiger partial charge in [0.2, 0.25) is 0 Å². The first-order valence-electron chi connectivity index (χ1n) is 6.39. The van der Waals surface area contributed by atoms with Gasteiger partial charge in [0.15, 0.2) is 23.2 Å². The van der Waals surface area contributed by atoms with E-state index in [-0.39, 0.29) is 11.7 Å². The molecule has 0 bridgehead atoms. The van der Waals surface area contributed by atoms with Crippen molar-refractivity contribution in [3.8, 4) is 22.9 Å². The standard InChI is InChI=1S/C14H17N5O3/c1-7-11(13(20)19-14(15)16)18-12(17-7)8-4-5-9(21-2)10(6-8)22-3/h4-6H,1-3H3,(H,17,18)(H4,15,16,19,20). The van der Waals surface area contributed by atoms with Crippen molar-refractivity contribution in [2.75, 3.05) is 14.2 Å². The molecule has 0 aliphatic carbocycles. The zero-order valence-electron chi connectivity index (χ0n) is 12.5. The number of rotatable bonds is 4. The Morgan fingerprint density at radius 3 is 2.50 bits per heavy atom. The maximum absolute atomic E-state index is 11.9. The van der Waals surface area contributed by atoms with Gasteiger partial charge in [-0.2, -0.15) is 4.99 Å². The molecule has 116 valence electrons. The van der Waals surface area contributed by atoms with Crippen LogP contribution >= 0.6 is 0 Å². The predicted molar refractivity (Wildman–Crippen MR) is 82.0 cm³/mol. The molecule has 2 rings (SSSR count). The number of benzene rings is 1. The number of imidazole rings is 1. The lowest BCUT2D eigenvalue weighted by atomic mass is 10.2. The van der Waals surface area contributed by atoms with Crippen molar-refractivity contribution >= 4 is 11.9 Å². The number of guanidine groups is 1. The van der Waals surface area contributed by atoms with Crippen LogP contribution in [0.3, 0.4) is 0 Å². The maximum Gasteiger partial charge on any atom is 0.300 e. The molecule has 0 atom stereocenters. The minimum absolute atomic E-state index is 0.165. The Morgan fingerprint density at radius 1 is 1.23 bits per heavy atom. The number of aliphatic imine (C=N–C) groups is 1. The molecule has 5 N–H and O–H groups in total. The molecule has 2 aromatic rings. The summed E-state index contributed by atoms with van der Waals surface area (Å²) in [6.07, 6.45) is 0. The molecule has 8 heteroatoms. The molecular weight excluding hydrogens is 286 g/mol. The Balaban J connectivity index is 2.43. The van der Waals surface area contributed by atoms with Gasteiger partial charge in [-0.1, -0.05) is 0 Å². The Kier molecular flexibility index (Phi) is 4.31. The van der Waals surface area contributed by atoms with Crippen LogP contribution in [0.5, 0.6) is 11.5 Å². The van der Waals surface area contributed by atoms with E-state index in [0.717, 1.165) is 5.56 Å². The van der Waals surface area contributed by atoms with E-state index >= 15 is 0 Å². The minimum Gasteiger partial charge on any atom is -0.493 e. The zero-order chi connectivity index (χ0) is 16.3. The van der Waals surface area contributed by atoms with E-state index in [4.69, 9.17) is 20.9 Å². The Labute approximate surface area is 127 Å². The number of nitrogens with one attached hydrogen (secondary N) is 1. The van der Waals surface area contributed by atoms with Gasteiger partial charge < -0.3 is 25.9 Å². The van der Waals surface area contributed by atoms with Crippen LogP contribution in [0.2, 0.25) is 0 Å². The molecule has 0 fully saturated rings. The number of amides is 1. The van der Waals surface area contributed by atoms with Gasteiger partial charge in [0.1, 0.15) is 5.82 Å². The van der Waals surface area contributed by atoms with E-state index in [1.165, 1.54) is 0 Å². The van der Waals surface area contributed by atoms with E-state index in [2.05, 4.69) is 15.0 Å². The first kappa shape index (κ1) is 15.4. The van der Waals surface area contributed by atoms with Crippen molar-refractivity contribution in [3.63, 3.8) is 0 Å². The number of H-pyrrole nitrogens is 1. The van der Waals surface area contributed by atoms with E-state index < -0.39 is 5.91 Å². The minimum atomic E-state index is -0.597. The van der Waals surface area contributed by atoms with Gasteiger partial charge >= 0.3 is 5.91 Å². The molecule has 0 saturated carbocycles. The lowest BCUT2D eigenvalue weighted by Gasteiger charge is -2.08. The average Bonchev–Trinajstić information content (AvgIpc) is 2.87. The van der Waals surface area contributed by atoms with E-state index in [0.29, 0.717) is 23.0 Å². The molecule has 0 spiro atoms. The van der Waals surface area contributed by atoms with E-state index in [1.807, 2.05) is 0 Å². The van der Waals surface area contributed by atoms with Crippen molar-refractivity contribution in [3.05, 3.63) is 29.6 Å². The number of nitrogens with two attached hydrogens (primary N) is 2. The van der Waals surface area contributed by atoms with Crippen molar-refractivity contribution < 1.29 is 14.3 Å². The van der Waals surface area contributed by atoms with Gasteiger partial charge in [0.05, 0.1) is 14.2 Å². The normalized spacial score (nSPS) is 10.1. The maximum atomic E-state index is 11.9. The van der Waals surface area contributed by atoms with Crippen LogP contribution in [0.25, 0.3) is 11.4 Å². The van der Waals surface area contributed by atoms with Crippen LogP contribution in [0.1, 0.15) is 16.2 Å². The molecule has 8 nitrogen and oxygen atoms in total. The highest BCUT2D eigenvalue weighted by atomic mass is 16.5. The van der Waals surface area contributed by atoms with Gasteiger partial charge in [-0.15, -0.1) is 0 Å². The Bertz CT molecular complexity index is 732. The molecule has 1 amide bonds. The summed E-state index contributed by atoms with van der Waals surface area (Å²) in [4.78, 5) is 22.6. The molecule has 0 radical (unpaired) electrons. The first-order valence-corrected chi connectivity index (χ1v) is 6.39. The summed E-state index contributed by atoms with van der Waals surface area (Å²) in [7, 11) is 3.10. The van der Waals surface area contributed by atoms with Crippen LogP contribution in [0.4, 0.5) is 0 Å². The van der Waals surface area contributed by atoms with E-state index in [1.54, 1.807) is 39.3 Å². The van der Waals surface area contributed by atoms with Crippen LogP contribution in [-0.2, 0) is 0 Å². The second-order valence-corrected chi connectivity index (χ2v) is 4.47. The van der Waals surface area contributed by atoms with Crippen molar-refractivity contribution in [2.24, 2.45) is 16.5 Å². The third kappa shape index (κ3) is 3.00. The van der Waals surface area contributed by atoms with Gasteiger partial charge in [0.25, 0.3) is 0 Å². The number of aromatic amines is 1. The van der Waals surface area contributed by atoms with Gasteiger partial charge in [-0.25, -0.2) is 4.98 Å². The molecule has 0 aliphatic rings. The number of carbonyl (C=O) groups excluding carboxylic acids is 1. The molecule has 1 aromatic heterocycles. The molecule has 22 heavy (non-hydrogen) atoms. The number of ether oxygens (including phenoxy) is 2. The second kappa shape index (κ2) is 6.17. The van der Waals surface area contributed by atoms with Crippen LogP contribution in [0.15, 0.2) is 23.2 Å². The van der Waals surface area contributed by atoms with Gasteiger partial charge in [-0.05, 0) is 25.1 Å². The lowest BCUT2D eigenvalue weighted by Crippen LogP contribution is -2.24. The number of aromatic nitrogens is 2. The highest BCUT2D eigenvalue weighted by molar-refractivity contribution is 6.01. The van der Waals surface area contributed by atoms with Crippen molar-refractivity contribution in [1.82, 2.24) is 9.97 Å². The average molecular weight is 303 g/mol. The van der Waals surface area contributed by atoms with Crippen molar-refractivity contribution in [2.45, 2.75) is 6.92 Å². The topological polar surface area (TPSA) is 129 Å². The number of hydrogen-bond acceptors (Lipinski definition) is 4. The molecule has 1 heterocycles. The Hall–Kier alpha value is -3.03. The number of hydrogen-bond donors (Lipinski definition) is 3. The fourth-order valence-corrected chi connectivity index (χ4v) is 1.96. The summed E-state index contributed by atoms with van der Waals surface area (Å²) in [5.74, 6) is 0.769. The van der Waals surface area contributed by atoms with Crippen LogP contribution < -0.4 is 20.9 Å². The summed E-state index contributed by atoms with van der Waals surface area (Å²) in [6.45, 7) is 1.71. The summed E-state index contributed by atoms with van der Waals surface area (Å²) in [5, 5.41) is 0. The molecule has 0 saturated heterocycles. The number of carbonyl (C=O) groups is 1. The van der Waals surface area contributed by atoms with Gasteiger partial charge in [-0.3, -0.25) is 4.79 Å². The van der Waals surface area contributed by atoms with Gasteiger partial charge in [0, 0.05) is 11.3 Å². The Morgan fingerprint density at radius 2 is 1.91 bits per heavy atom. The first-order chi connectivity index (χ1) is 10.5. The fraction of sp³-hybridized carbons (Fsp3) is 0.214. The van der Waals surface area contributed by atoms with Crippen molar-refractivity contribution in [1.29, 1.82) is 0 Å². The SMILES string of the molecule is COc1ccc(-c2nc(C(=O)N=C(N)N)c(C)[nH]2)cc1OC. The lowest BCUT2D eigenvalue weighted by molar-refractivity contribution is 0.0998. The number of aryl methyl sites for hydroxylation is 1. The monoisotopic (exact) mass is 303 g/mol. The predicted octanol–water partition coefficient (Wildman–Crippen LogP) is 0.816. The molecular formula is C14H17N5O3.